The van der Waals surface area contributed by atoms with E-state index in [9.17, 15) is 9.59 Å². The average molecular weight is 364 g/mol. The maximum Gasteiger partial charge on any atom is 0.339 e. The van der Waals surface area contributed by atoms with Crippen LogP contribution < -0.4 is 10.6 Å². The van der Waals surface area contributed by atoms with Crippen molar-refractivity contribution >= 4 is 34.9 Å². The quantitative estimate of drug-likeness (QED) is 0.570. The Balaban J connectivity index is 1.82. The van der Waals surface area contributed by atoms with Crippen LogP contribution in [0.25, 0.3) is 0 Å². The highest BCUT2D eigenvalue weighted by molar-refractivity contribution is 5.96. The Labute approximate surface area is 154 Å². The van der Waals surface area contributed by atoms with Gasteiger partial charge in [0.15, 0.2) is 0 Å². The molecule has 0 fully saturated rings. The number of carboxylic acid groups (broad SMARTS) is 1. The molecule has 8 heteroatoms. The highest BCUT2D eigenvalue weighted by Gasteiger charge is 2.12. The number of aromatic nitrogens is 2. The van der Waals surface area contributed by atoms with Gasteiger partial charge in [-0.1, -0.05) is 18.2 Å². The van der Waals surface area contributed by atoms with E-state index < -0.39 is 11.9 Å². The maximum atomic E-state index is 11.9. The van der Waals surface area contributed by atoms with Crippen molar-refractivity contribution < 1.29 is 19.4 Å². The number of nitrogens with zero attached hydrogens (tertiary/aromatic N) is 2. The van der Waals surface area contributed by atoms with Crippen LogP contribution in [0.3, 0.4) is 0 Å². The molecule has 3 aromatic rings. The van der Waals surface area contributed by atoms with Crippen LogP contribution in [0.2, 0.25) is 0 Å². The molecule has 27 heavy (non-hydrogen) atoms. The molecule has 0 atom stereocenters. The summed E-state index contributed by atoms with van der Waals surface area (Å²) in [7, 11) is 1.32. The highest BCUT2D eigenvalue weighted by atomic mass is 16.5. The number of hydrogen-bond acceptors (Lipinski definition) is 7. The van der Waals surface area contributed by atoms with E-state index in [0.29, 0.717) is 28.6 Å². The first kappa shape index (κ1) is 17.9. The number of rotatable bonds is 6. The number of carbonyl (C=O) groups is 2. The molecule has 1 heterocycles. The fourth-order valence-electron chi connectivity index (χ4n) is 2.39. The lowest BCUT2D eigenvalue weighted by atomic mass is 10.2. The van der Waals surface area contributed by atoms with Crippen LogP contribution in [0, 0.1) is 0 Å². The van der Waals surface area contributed by atoms with Crippen molar-refractivity contribution in [2.45, 2.75) is 0 Å². The lowest BCUT2D eigenvalue weighted by molar-refractivity contribution is 0.0601. The van der Waals surface area contributed by atoms with Crippen LogP contribution in [0.1, 0.15) is 20.7 Å². The predicted molar refractivity (Wildman–Crippen MR) is 99.8 cm³/mol. The number of aromatic carboxylic acids is 1. The Morgan fingerprint density at radius 2 is 1.70 bits per heavy atom. The normalized spacial score (nSPS) is 10.1. The summed E-state index contributed by atoms with van der Waals surface area (Å²) in [5.41, 5.74) is 1.66. The van der Waals surface area contributed by atoms with Crippen LogP contribution in [0.4, 0.5) is 23.0 Å². The van der Waals surface area contributed by atoms with Gasteiger partial charge < -0.3 is 20.5 Å². The van der Waals surface area contributed by atoms with Crippen LogP contribution in [0.5, 0.6) is 0 Å². The average Bonchev–Trinajstić information content (AvgIpc) is 2.68. The lowest BCUT2D eigenvalue weighted by Crippen LogP contribution is -2.06. The molecule has 0 radical (unpaired) electrons. The van der Waals surface area contributed by atoms with Crippen molar-refractivity contribution in [2.24, 2.45) is 0 Å². The Hall–Kier alpha value is -3.94. The summed E-state index contributed by atoms with van der Waals surface area (Å²) in [6.45, 7) is 0. The standard InChI is InChI=1S/C19H16N4O4/c1-27-19(26)14-7-2-3-8-15(14)23-17-10-16(20-11-21-17)22-13-6-4-5-12(9-13)18(24)25/h2-11H,1H3,(H,24,25)(H2,20,21,22,23). The van der Waals surface area contributed by atoms with Gasteiger partial charge in [-0.2, -0.15) is 0 Å². The summed E-state index contributed by atoms with van der Waals surface area (Å²) in [4.78, 5) is 31.2. The summed E-state index contributed by atoms with van der Waals surface area (Å²) in [6.07, 6.45) is 1.35. The second-order valence-electron chi connectivity index (χ2n) is 5.46. The Morgan fingerprint density at radius 1 is 0.963 bits per heavy atom. The van der Waals surface area contributed by atoms with Gasteiger partial charge in [0, 0.05) is 11.8 Å². The second kappa shape index (κ2) is 7.96. The van der Waals surface area contributed by atoms with Gasteiger partial charge in [0.1, 0.15) is 18.0 Å². The molecule has 8 nitrogen and oxygen atoms in total. The molecule has 0 bridgehead atoms. The maximum absolute atomic E-state index is 11.9. The molecule has 0 saturated heterocycles. The number of esters is 1. The molecule has 0 unspecified atom stereocenters. The van der Waals surface area contributed by atoms with E-state index in [2.05, 4.69) is 20.6 Å². The molecule has 0 saturated carbocycles. The first-order chi connectivity index (χ1) is 13.1. The van der Waals surface area contributed by atoms with Gasteiger partial charge >= 0.3 is 11.9 Å². The molecule has 0 aliphatic heterocycles. The summed E-state index contributed by atoms with van der Waals surface area (Å²) in [5, 5.41) is 15.2. The summed E-state index contributed by atoms with van der Waals surface area (Å²) in [6, 6.07) is 14.9. The van der Waals surface area contributed by atoms with E-state index in [4.69, 9.17) is 9.84 Å². The van der Waals surface area contributed by atoms with Gasteiger partial charge in [0.05, 0.1) is 23.9 Å². The van der Waals surface area contributed by atoms with E-state index in [-0.39, 0.29) is 5.56 Å². The summed E-state index contributed by atoms with van der Waals surface area (Å²) >= 11 is 0. The Bertz CT molecular complexity index is 991. The first-order valence-corrected chi connectivity index (χ1v) is 7.93. The molecule has 0 aliphatic carbocycles. The Morgan fingerprint density at radius 3 is 2.44 bits per heavy atom. The number of nitrogens with one attached hydrogen (secondary N) is 2. The molecule has 0 aliphatic rings. The highest BCUT2D eigenvalue weighted by Crippen LogP contribution is 2.23. The van der Waals surface area contributed by atoms with Crippen molar-refractivity contribution in [3.63, 3.8) is 0 Å². The largest absolute Gasteiger partial charge is 0.478 e. The zero-order chi connectivity index (χ0) is 19.2. The molecular weight excluding hydrogens is 348 g/mol. The van der Waals surface area contributed by atoms with E-state index >= 15 is 0 Å². The number of anilines is 4. The Kier molecular flexibility index (Phi) is 5.27. The topological polar surface area (TPSA) is 113 Å². The van der Waals surface area contributed by atoms with E-state index in [0.717, 1.165) is 0 Å². The summed E-state index contributed by atoms with van der Waals surface area (Å²) < 4.78 is 4.78. The smallest absolute Gasteiger partial charge is 0.339 e. The number of methoxy groups -OCH3 is 1. The minimum absolute atomic E-state index is 0.166. The SMILES string of the molecule is COC(=O)c1ccccc1Nc1cc(Nc2cccc(C(=O)O)c2)ncn1. The van der Waals surface area contributed by atoms with Crippen LogP contribution in [-0.4, -0.2) is 34.1 Å². The third-order valence-corrected chi connectivity index (χ3v) is 3.64. The van der Waals surface area contributed by atoms with Crippen LogP contribution >= 0.6 is 0 Å². The lowest BCUT2D eigenvalue weighted by Gasteiger charge is -2.11. The van der Waals surface area contributed by atoms with Crippen LogP contribution in [0.15, 0.2) is 60.9 Å². The van der Waals surface area contributed by atoms with Gasteiger partial charge in [0.2, 0.25) is 0 Å². The number of carbonyl (C=O) groups excluding carboxylic acids is 1. The van der Waals surface area contributed by atoms with Gasteiger partial charge in [-0.05, 0) is 30.3 Å². The first-order valence-electron chi connectivity index (χ1n) is 7.93. The van der Waals surface area contributed by atoms with Crippen molar-refractivity contribution in [1.82, 2.24) is 9.97 Å². The minimum Gasteiger partial charge on any atom is -0.478 e. The molecule has 0 amide bonds. The minimum atomic E-state index is -1.01. The second-order valence-corrected chi connectivity index (χ2v) is 5.46. The van der Waals surface area contributed by atoms with Crippen molar-refractivity contribution in [3.8, 4) is 0 Å². The number of hydrogen-bond donors (Lipinski definition) is 3. The van der Waals surface area contributed by atoms with E-state index in [1.165, 1.54) is 25.6 Å². The van der Waals surface area contributed by atoms with Gasteiger partial charge in [0.25, 0.3) is 0 Å². The zero-order valence-electron chi connectivity index (χ0n) is 14.3. The van der Waals surface area contributed by atoms with Crippen molar-refractivity contribution in [1.29, 1.82) is 0 Å². The molecule has 2 aromatic carbocycles. The molecule has 1 aromatic heterocycles. The fraction of sp³-hybridized carbons (Fsp3) is 0.0526. The fourth-order valence-corrected chi connectivity index (χ4v) is 2.39. The molecule has 136 valence electrons. The van der Waals surface area contributed by atoms with Gasteiger partial charge in [-0.15, -0.1) is 0 Å². The third kappa shape index (κ3) is 4.37. The number of carboxylic acids is 1. The number of ether oxygens (including phenoxy) is 1. The predicted octanol–water partition coefficient (Wildman–Crippen LogP) is 3.45. The molecular formula is C19H16N4O4. The molecule has 0 spiro atoms. The van der Waals surface area contributed by atoms with Gasteiger partial charge in [-0.25, -0.2) is 19.6 Å². The van der Waals surface area contributed by atoms with E-state index in [1.807, 2.05) is 0 Å². The zero-order valence-corrected chi connectivity index (χ0v) is 14.3. The van der Waals surface area contributed by atoms with Crippen molar-refractivity contribution in [3.05, 3.63) is 72.1 Å². The van der Waals surface area contributed by atoms with Crippen molar-refractivity contribution in [2.75, 3.05) is 17.7 Å². The van der Waals surface area contributed by atoms with Crippen LogP contribution in [-0.2, 0) is 4.74 Å². The third-order valence-electron chi connectivity index (χ3n) is 3.64. The number of para-hydroxylation sites is 1. The molecule has 3 N–H and O–H groups in total. The van der Waals surface area contributed by atoms with E-state index in [1.54, 1.807) is 42.5 Å². The van der Waals surface area contributed by atoms with Gasteiger partial charge in [-0.3, -0.25) is 0 Å². The summed E-state index contributed by atoms with van der Waals surface area (Å²) in [5.74, 6) is -0.553. The number of benzene rings is 2. The molecule has 3 rings (SSSR count). The monoisotopic (exact) mass is 364 g/mol.